The van der Waals surface area contributed by atoms with Gasteiger partial charge in [-0.05, 0) is 36.8 Å². The highest BCUT2D eigenvalue weighted by atomic mass is 16.5. The number of aryl methyl sites for hydroxylation is 1. The average molecular weight is 310 g/mol. The Labute approximate surface area is 131 Å². The van der Waals surface area contributed by atoms with Crippen molar-refractivity contribution in [3.63, 3.8) is 0 Å². The third kappa shape index (κ3) is 2.91. The summed E-state index contributed by atoms with van der Waals surface area (Å²) in [7, 11) is 0. The zero-order chi connectivity index (χ0) is 16.6. The second-order valence-electron chi connectivity index (χ2n) is 5.27. The lowest BCUT2D eigenvalue weighted by Gasteiger charge is -2.03. The number of hydrogen-bond acceptors (Lipinski definition) is 4. The number of benzene rings is 1. The minimum Gasteiger partial charge on any atom is -0.422 e. The van der Waals surface area contributed by atoms with Crippen molar-refractivity contribution in [3.8, 4) is 0 Å². The van der Waals surface area contributed by atoms with Crippen LogP contribution in [-0.4, -0.2) is 16.9 Å². The lowest BCUT2D eigenvalue weighted by Crippen LogP contribution is -2.16. The highest BCUT2D eigenvalue weighted by molar-refractivity contribution is 6.05. The Bertz CT molecular complexity index is 892. The van der Waals surface area contributed by atoms with Gasteiger partial charge in [0.2, 0.25) is 5.91 Å². The van der Waals surface area contributed by atoms with Gasteiger partial charge in [-0.25, -0.2) is 4.79 Å². The van der Waals surface area contributed by atoms with E-state index in [9.17, 15) is 14.4 Å². The van der Waals surface area contributed by atoms with Crippen molar-refractivity contribution in [1.82, 2.24) is 4.98 Å². The molecule has 0 spiro atoms. The van der Waals surface area contributed by atoms with Crippen LogP contribution in [0, 0.1) is 6.92 Å². The first kappa shape index (κ1) is 14.8. The van der Waals surface area contributed by atoms with Crippen molar-refractivity contribution in [1.29, 1.82) is 0 Å². The standard InChI is InChI=1S/C17H14N2O4/c1-9-7-13-14(23-17(22)15(13)16(21)18-9)8-11-3-5-12(6-4-11)19-10(2)20/h3-8H,1-2H3,(H,18,21)(H,19,20). The minimum absolute atomic E-state index is 0.0247. The normalized spacial score (nSPS) is 14.5. The fourth-order valence-corrected chi connectivity index (χ4v) is 2.42. The molecule has 1 aromatic heterocycles. The van der Waals surface area contributed by atoms with E-state index in [1.54, 1.807) is 43.3 Å². The van der Waals surface area contributed by atoms with Crippen molar-refractivity contribution in [3.05, 3.63) is 63.1 Å². The molecule has 2 heterocycles. The highest BCUT2D eigenvalue weighted by Crippen LogP contribution is 2.29. The summed E-state index contributed by atoms with van der Waals surface area (Å²) in [6.07, 6.45) is 1.68. The monoisotopic (exact) mass is 310 g/mol. The summed E-state index contributed by atoms with van der Waals surface area (Å²) in [5.41, 5.74) is 2.18. The molecule has 0 saturated carbocycles. The van der Waals surface area contributed by atoms with Gasteiger partial charge in [0.1, 0.15) is 11.3 Å². The van der Waals surface area contributed by atoms with Gasteiger partial charge in [0, 0.05) is 23.9 Å². The van der Waals surface area contributed by atoms with Gasteiger partial charge in [0.15, 0.2) is 0 Å². The predicted octanol–water partition coefficient (Wildman–Crippen LogP) is 2.31. The number of H-pyrrole nitrogens is 1. The summed E-state index contributed by atoms with van der Waals surface area (Å²) >= 11 is 0. The molecule has 0 unspecified atom stereocenters. The fourth-order valence-electron chi connectivity index (χ4n) is 2.42. The number of anilines is 1. The van der Waals surface area contributed by atoms with Crippen molar-refractivity contribution < 1.29 is 14.3 Å². The van der Waals surface area contributed by atoms with Gasteiger partial charge in [0.05, 0.1) is 0 Å². The van der Waals surface area contributed by atoms with E-state index in [1.807, 2.05) is 0 Å². The molecular weight excluding hydrogens is 296 g/mol. The smallest absolute Gasteiger partial charge is 0.349 e. The molecule has 2 N–H and O–H groups in total. The van der Waals surface area contributed by atoms with E-state index in [1.165, 1.54) is 6.92 Å². The van der Waals surface area contributed by atoms with E-state index in [-0.39, 0.29) is 11.5 Å². The van der Waals surface area contributed by atoms with Crippen LogP contribution in [0.4, 0.5) is 5.69 Å². The molecule has 116 valence electrons. The Balaban J connectivity index is 1.98. The van der Waals surface area contributed by atoms with E-state index in [0.717, 1.165) is 5.56 Å². The van der Waals surface area contributed by atoms with Crippen LogP contribution in [0.25, 0.3) is 11.8 Å². The zero-order valence-corrected chi connectivity index (χ0v) is 12.6. The first-order valence-corrected chi connectivity index (χ1v) is 7.00. The molecule has 23 heavy (non-hydrogen) atoms. The molecule has 2 aromatic rings. The lowest BCUT2D eigenvalue weighted by molar-refractivity contribution is -0.114. The molecule has 6 heteroatoms. The third-order valence-electron chi connectivity index (χ3n) is 3.37. The summed E-state index contributed by atoms with van der Waals surface area (Å²) in [6, 6.07) is 8.76. The van der Waals surface area contributed by atoms with E-state index < -0.39 is 11.5 Å². The van der Waals surface area contributed by atoms with Gasteiger partial charge in [0.25, 0.3) is 5.56 Å². The van der Waals surface area contributed by atoms with E-state index in [4.69, 9.17) is 4.74 Å². The van der Waals surface area contributed by atoms with Gasteiger partial charge in [-0.1, -0.05) is 12.1 Å². The number of ether oxygens (including phenoxy) is 1. The van der Waals surface area contributed by atoms with Crippen LogP contribution in [0.1, 0.15) is 34.1 Å². The molecule has 0 radical (unpaired) electrons. The summed E-state index contributed by atoms with van der Waals surface area (Å²) in [4.78, 5) is 37.3. The SMILES string of the molecule is CC(=O)Nc1ccc(C=C2OC(=O)c3c2cc(C)[nH]c3=O)cc1. The van der Waals surface area contributed by atoms with E-state index >= 15 is 0 Å². The third-order valence-corrected chi connectivity index (χ3v) is 3.37. The Hall–Kier alpha value is -3.15. The van der Waals surface area contributed by atoms with Gasteiger partial charge in [-0.2, -0.15) is 0 Å². The summed E-state index contributed by atoms with van der Waals surface area (Å²) in [6.45, 7) is 3.18. The number of esters is 1. The molecule has 0 bridgehead atoms. The maximum Gasteiger partial charge on any atom is 0.349 e. The Kier molecular flexibility index (Phi) is 3.57. The van der Waals surface area contributed by atoms with Crippen LogP contribution in [-0.2, 0) is 9.53 Å². The van der Waals surface area contributed by atoms with Gasteiger partial charge < -0.3 is 15.0 Å². The quantitative estimate of drug-likeness (QED) is 0.833. The molecule has 3 rings (SSSR count). The number of fused-ring (bicyclic) bond motifs is 1. The second-order valence-corrected chi connectivity index (χ2v) is 5.27. The van der Waals surface area contributed by atoms with Gasteiger partial charge >= 0.3 is 5.97 Å². The molecule has 0 saturated heterocycles. The number of pyridine rings is 1. The maximum atomic E-state index is 11.9. The first-order chi connectivity index (χ1) is 10.9. The summed E-state index contributed by atoms with van der Waals surface area (Å²) in [5, 5.41) is 2.67. The molecule has 1 aliphatic rings. The Morgan fingerprint density at radius 2 is 1.91 bits per heavy atom. The van der Waals surface area contributed by atoms with Crippen LogP contribution in [0.2, 0.25) is 0 Å². The van der Waals surface area contributed by atoms with Crippen LogP contribution >= 0.6 is 0 Å². The van der Waals surface area contributed by atoms with Crippen LogP contribution < -0.4 is 10.9 Å². The maximum absolute atomic E-state index is 11.9. The zero-order valence-electron chi connectivity index (χ0n) is 12.6. The van der Waals surface area contributed by atoms with Crippen molar-refractivity contribution in [2.75, 3.05) is 5.32 Å². The van der Waals surface area contributed by atoms with E-state index in [2.05, 4.69) is 10.3 Å². The van der Waals surface area contributed by atoms with E-state index in [0.29, 0.717) is 22.7 Å². The predicted molar refractivity (Wildman–Crippen MR) is 85.8 cm³/mol. The number of carbonyl (C=O) groups excluding carboxylic acids is 2. The number of amides is 1. The molecule has 6 nitrogen and oxygen atoms in total. The lowest BCUT2D eigenvalue weighted by atomic mass is 10.1. The van der Waals surface area contributed by atoms with Crippen LogP contribution in [0.15, 0.2) is 35.1 Å². The Morgan fingerprint density at radius 3 is 2.57 bits per heavy atom. The molecule has 0 fully saturated rings. The van der Waals surface area contributed by atoms with Crippen LogP contribution in [0.5, 0.6) is 0 Å². The van der Waals surface area contributed by atoms with Crippen molar-refractivity contribution in [2.45, 2.75) is 13.8 Å². The first-order valence-electron chi connectivity index (χ1n) is 7.00. The molecular formula is C17H14N2O4. The number of rotatable bonds is 2. The fraction of sp³-hybridized carbons (Fsp3) is 0.118. The number of nitrogens with one attached hydrogen (secondary N) is 2. The Morgan fingerprint density at radius 1 is 1.22 bits per heavy atom. The minimum atomic E-state index is -0.651. The highest BCUT2D eigenvalue weighted by Gasteiger charge is 2.29. The van der Waals surface area contributed by atoms with Gasteiger partial charge in [-0.3, -0.25) is 9.59 Å². The number of aromatic nitrogens is 1. The summed E-state index contributed by atoms with van der Waals surface area (Å²) < 4.78 is 5.20. The molecule has 1 aliphatic heterocycles. The van der Waals surface area contributed by atoms with Crippen molar-refractivity contribution >= 4 is 29.4 Å². The number of cyclic esters (lactones) is 1. The second kappa shape index (κ2) is 5.57. The topological polar surface area (TPSA) is 88.3 Å². The molecule has 0 atom stereocenters. The van der Waals surface area contributed by atoms with Gasteiger partial charge in [-0.15, -0.1) is 0 Å². The number of hydrogen-bond donors (Lipinski definition) is 2. The number of aromatic amines is 1. The summed E-state index contributed by atoms with van der Waals surface area (Å²) in [5.74, 6) is -0.460. The molecule has 1 aromatic carbocycles. The number of carbonyl (C=O) groups is 2. The average Bonchev–Trinajstić information content (AvgIpc) is 2.77. The molecule has 0 aliphatic carbocycles. The van der Waals surface area contributed by atoms with Crippen molar-refractivity contribution in [2.24, 2.45) is 0 Å². The van der Waals surface area contributed by atoms with Crippen LogP contribution in [0.3, 0.4) is 0 Å². The molecule has 1 amide bonds. The largest absolute Gasteiger partial charge is 0.422 e.